The number of benzene rings is 2. The van der Waals surface area contributed by atoms with Gasteiger partial charge in [-0.15, -0.1) is 0 Å². The number of H-pyrrole nitrogens is 1. The van der Waals surface area contributed by atoms with Gasteiger partial charge in [0.05, 0.1) is 35.7 Å². The number of nitrogen functional groups attached to an aromatic ring is 1. The van der Waals surface area contributed by atoms with E-state index in [2.05, 4.69) is 15.2 Å². The number of carbonyl (C=O) groups is 1. The van der Waals surface area contributed by atoms with E-state index in [1.807, 2.05) is 6.92 Å². The largest absolute Gasteiger partial charge is 0.416 e. The molecule has 0 aliphatic carbocycles. The highest BCUT2D eigenvalue weighted by molar-refractivity contribution is 6.10. The lowest BCUT2D eigenvalue weighted by Gasteiger charge is -2.36. The fraction of sp³-hybridized carbons (Fsp3) is 0.261. The minimum absolute atomic E-state index is 0.200. The predicted molar refractivity (Wildman–Crippen MR) is 117 cm³/mol. The summed E-state index contributed by atoms with van der Waals surface area (Å²) in [5.74, 6) is 0.112. The summed E-state index contributed by atoms with van der Waals surface area (Å²) in [4.78, 5) is 19.5. The number of aromatic amines is 1. The lowest BCUT2D eigenvalue weighted by atomic mass is 10.0. The van der Waals surface area contributed by atoms with Crippen molar-refractivity contribution in [3.05, 3.63) is 64.8 Å². The number of ether oxygens (including phenoxy) is 1. The second-order valence-electron chi connectivity index (χ2n) is 8.01. The molecule has 2 aromatic heterocycles. The molecule has 170 valence electrons. The summed E-state index contributed by atoms with van der Waals surface area (Å²) in [5.41, 5.74) is 8.37. The van der Waals surface area contributed by atoms with E-state index in [0.717, 1.165) is 17.8 Å². The Hall–Kier alpha value is -3.66. The van der Waals surface area contributed by atoms with Gasteiger partial charge in [0, 0.05) is 23.2 Å². The highest BCUT2D eigenvalue weighted by atomic mass is 19.4. The number of pyridine rings is 1. The zero-order valence-electron chi connectivity index (χ0n) is 17.6. The van der Waals surface area contributed by atoms with Crippen molar-refractivity contribution in [3.63, 3.8) is 0 Å². The summed E-state index contributed by atoms with van der Waals surface area (Å²) in [6.45, 7) is 2.71. The van der Waals surface area contributed by atoms with E-state index in [1.165, 1.54) is 12.1 Å². The van der Waals surface area contributed by atoms with Gasteiger partial charge in [0.2, 0.25) is 0 Å². The molecule has 3 N–H and O–H groups in total. The number of morpholine rings is 1. The van der Waals surface area contributed by atoms with Crippen molar-refractivity contribution >= 4 is 33.5 Å². The summed E-state index contributed by atoms with van der Waals surface area (Å²) in [7, 11) is 0. The van der Waals surface area contributed by atoms with Gasteiger partial charge in [-0.25, -0.2) is 4.98 Å². The lowest BCUT2D eigenvalue weighted by molar-refractivity contribution is -0.137. The van der Waals surface area contributed by atoms with E-state index in [9.17, 15) is 18.0 Å². The molecule has 1 fully saturated rings. The molecular formula is C23H20F3N5O2. The SMILES string of the molecule is Cc1[nH]nc2c1c(N)nc1ccc(C(=O)N3CCOC[C@@H]3c3ccc(C(F)(F)F)cc3)cc12. The molecule has 2 aromatic carbocycles. The van der Waals surface area contributed by atoms with Crippen molar-refractivity contribution in [1.82, 2.24) is 20.1 Å². The average molecular weight is 455 g/mol. The highest BCUT2D eigenvalue weighted by Crippen LogP contribution is 2.33. The first kappa shape index (κ1) is 21.2. The van der Waals surface area contributed by atoms with Gasteiger partial charge in [-0.2, -0.15) is 18.3 Å². The highest BCUT2D eigenvalue weighted by Gasteiger charge is 2.33. The van der Waals surface area contributed by atoms with Crippen LogP contribution in [-0.2, 0) is 10.9 Å². The third kappa shape index (κ3) is 3.66. The van der Waals surface area contributed by atoms with Crippen molar-refractivity contribution in [2.75, 3.05) is 25.5 Å². The molecule has 10 heteroatoms. The number of hydrogen-bond donors (Lipinski definition) is 2. The van der Waals surface area contributed by atoms with Gasteiger partial charge in [0.15, 0.2) is 0 Å². The monoisotopic (exact) mass is 455 g/mol. The second-order valence-corrected chi connectivity index (χ2v) is 8.01. The summed E-state index contributed by atoms with van der Waals surface area (Å²) >= 11 is 0. The number of nitrogens with zero attached hydrogens (tertiary/aromatic N) is 3. The van der Waals surface area contributed by atoms with Crippen LogP contribution in [0.2, 0.25) is 0 Å². The number of fused-ring (bicyclic) bond motifs is 3. The van der Waals surface area contributed by atoms with Gasteiger partial charge in [-0.3, -0.25) is 9.89 Å². The van der Waals surface area contributed by atoms with Crippen LogP contribution in [0, 0.1) is 6.92 Å². The van der Waals surface area contributed by atoms with E-state index >= 15 is 0 Å². The first-order chi connectivity index (χ1) is 15.7. The van der Waals surface area contributed by atoms with Gasteiger partial charge in [-0.05, 0) is 42.8 Å². The molecule has 0 saturated carbocycles. The van der Waals surface area contributed by atoms with Crippen LogP contribution in [0.15, 0.2) is 42.5 Å². The van der Waals surface area contributed by atoms with Crippen molar-refractivity contribution in [2.45, 2.75) is 19.1 Å². The van der Waals surface area contributed by atoms with Crippen LogP contribution < -0.4 is 5.73 Å². The summed E-state index contributed by atoms with van der Waals surface area (Å²) < 4.78 is 44.4. The number of carbonyl (C=O) groups excluding carboxylic acids is 1. The summed E-state index contributed by atoms with van der Waals surface area (Å²) in [5, 5.41) is 8.63. The maximum atomic E-state index is 13.5. The number of hydrogen-bond acceptors (Lipinski definition) is 5. The number of nitrogens with two attached hydrogens (primary N) is 1. The third-order valence-corrected chi connectivity index (χ3v) is 5.95. The standard InChI is InChI=1S/C23H20F3N5O2/c1-12-19-20(30-29-12)16-10-14(4-7-17(16)28-21(19)27)22(32)31-8-9-33-11-18(31)13-2-5-15(6-3-13)23(24,25)26/h2-7,10,18H,8-9,11H2,1H3,(H2,27,28)(H,29,30)/t18-/m1/s1. The molecular weight excluding hydrogens is 435 g/mol. The fourth-order valence-electron chi connectivity index (χ4n) is 4.26. The molecule has 0 unspecified atom stereocenters. The maximum absolute atomic E-state index is 13.5. The number of alkyl halides is 3. The van der Waals surface area contributed by atoms with Crippen molar-refractivity contribution < 1.29 is 22.7 Å². The number of halogens is 3. The van der Waals surface area contributed by atoms with E-state index < -0.39 is 17.8 Å². The molecule has 4 aromatic rings. The number of nitrogens with one attached hydrogen (secondary N) is 1. The Morgan fingerprint density at radius 2 is 1.97 bits per heavy atom. The Morgan fingerprint density at radius 1 is 1.21 bits per heavy atom. The predicted octanol–water partition coefficient (Wildman–Crippen LogP) is 4.23. The Bertz CT molecular complexity index is 1360. The molecule has 1 atom stereocenters. The minimum atomic E-state index is -4.42. The van der Waals surface area contributed by atoms with E-state index in [-0.39, 0.29) is 12.5 Å². The van der Waals surface area contributed by atoms with Crippen LogP contribution >= 0.6 is 0 Å². The summed E-state index contributed by atoms with van der Waals surface area (Å²) in [6.07, 6.45) is -4.42. The van der Waals surface area contributed by atoms with Crippen LogP contribution in [0.3, 0.4) is 0 Å². The van der Waals surface area contributed by atoms with Crippen LogP contribution in [0.5, 0.6) is 0 Å². The van der Waals surface area contributed by atoms with Crippen LogP contribution in [-0.4, -0.2) is 45.7 Å². The molecule has 0 spiro atoms. The van der Waals surface area contributed by atoms with Crippen LogP contribution in [0.4, 0.5) is 19.0 Å². The van der Waals surface area contributed by atoms with Gasteiger partial charge < -0.3 is 15.4 Å². The van der Waals surface area contributed by atoms with Crippen molar-refractivity contribution in [3.8, 4) is 0 Å². The Morgan fingerprint density at radius 3 is 2.70 bits per heavy atom. The molecule has 7 nitrogen and oxygen atoms in total. The molecule has 33 heavy (non-hydrogen) atoms. The van der Waals surface area contributed by atoms with Crippen molar-refractivity contribution in [2.24, 2.45) is 0 Å². The van der Waals surface area contributed by atoms with Gasteiger partial charge in [0.25, 0.3) is 5.91 Å². The third-order valence-electron chi connectivity index (χ3n) is 5.95. The molecule has 5 rings (SSSR count). The number of amides is 1. The maximum Gasteiger partial charge on any atom is 0.416 e. The number of rotatable bonds is 2. The van der Waals surface area contributed by atoms with Gasteiger partial charge >= 0.3 is 6.18 Å². The quantitative estimate of drug-likeness (QED) is 0.471. The summed E-state index contributed by atoms with van der Waals surface area (Å²) in [6, 6.07) is 9.45. The Labute approximate surface area is 186 Å². The lowest BCUT2D eigenvalue weighted by Crippen LogP contribution is -2.43. The molecule has 0 bridgehead atoms. The van der Waals surface area contributed by atoms with Crippen LogP contribution in [0.25, 0.3) is 21.8 Å². The normalized spacial score (nSPS) is 17.1. The molecule has 1 saturated heterocycles. The zero-order valence-corrected chi connectivity index (χ0v) is 17.6. The smallest absolute Gasteiger partial charge is 0.383 e. The van der Waals surface area contributed by atoms with E-state index in [0.29, 0.717) is 51.9 Å². The Kier molecular flexibility index (Phi) is 4.97. The molecule has 0 radical (unpaired) electrons. The molecule has 1 amide bonds. The molecule has 1 aliphatic heterocycles. The van der Waals surface area contributed by atoms with E-state index in [4.69, 9.17) is 10.5 Å². The molecule has 3 heterocycles. The van der Waals surface area contributed by atoms with Gasteiger partial charge in [-0.1, -0.05) is 12.1 Å². The van der Waals surface area contributed by atoms with Crippen LogP contribution in [0.1, 0.15) is 33.2 Å². The zero-order chi connectivity index (χ0) is 23.3. The van der Waals surface area contributed by atoms with Gasteiger partial charge in [0.1, 0.15) is 11.3 Å². The number of anilines is 1. The second kappa shape index (κ2) is 7.73. The molecule has 1 aliphatic rings. The van der Waals surface area contributed by atoms with Crippen molar-refractivity contribution in [1.29, 1.82) is 0 Å². The average Bonchev–Trinajstić information content (AvgIpc) is 3.20. The Balaban J connectivity index is 1.52. The minimum Gasteiger partial charge on any atom is -0.383 e. The number of aryl methyl sites for hydroxylation is 1. The first-order valence-electron chi connectivity index (χ1n) is 10.3. The number of aromatic nitrogens is 3. The fourth-order valence-corrected chi connectivity index (χ4v) is 4.26. The first-order valence-corrected chi connectivity index (χ1v) is 10.3. The topological polar surface area (TPSA) is 97.1 Å². The van der Waals surface area contributed by atoms with E-state index in [1.54, 1.807) is 23.1 Å².